The molecular weight excluding hydrogens is 282 g/mol. The number of methoxy groups -OCH3 is 1. The summed E-state index contributed by atoms with van der Waals surface area (Å²) in [4.78, 5) is 12.0. The molecule has 0 aliphatic heterocycles. The van der Waals surface area contributed by atoms with Crippen LogP contribution in [0.15, 0.2) is 36.4 Å². The van der Waals surface area contributed by atoms with Crippen molar-refractivity contribution >= 4 is 23.2 Å². The largest absolute Gasteiger partial charge is 0.504 e. The third-order valence-corrected chi connectivity index (χ3v) is 2.96. The summed E-state index contributed by atoms with van der Waals surface area (Å²) in [5.74, 6) is -0.622. The van der Waals surface area contributed by atoms with Gasteiger partial charge in [-0.2, -0.15) is 0 Å². The van der Waals surface area contributed by atoms with Gasteiger partial charge in [-0.1, -0.05) is 11.6 Å². The Morgan fingerprint density at radius 2 is 1.90 bits per heavy atom. The van der Waals surface area contributed by atoms with Gasteiger partial charge in [-0.05, 0) is 30.3 Å². The Balaban J connectivity index is 2.21. The van der Waals surface area contributed by atoms with E-state index in [0.29, 0.717) is 16.5 Å². The van der Waals surface area contributed by atoms with Crippen molar-refractivity contribution in [3.05, 3.63) is 47.0 Å². The number of amides is 1. The van der Waals surface area contributed by atoms with Crippen molar-refractivity contribution in [1.82, 2.24) is 0 Å². The maximum absolute atomic E-state index is 12.0. The lowest BCUT2D eigenvalue weighted by molar-refractivity contribution is 0.102. The normalized spacial score (nSPS) is 10.1. The molecule has 0 heterocycles. The molecule has 20 heavy (non-hydrogen) atoms. The highest BCUT2D eigenvalue weighted by molar-refractivity contribution is 6.32. The number of rotatable bonds is 3. The molecular formula is C14H12ClNO4. The molecule has 0 aliphatic carbocycles. The molecule has 0 saturated heterocycles. The first kappa shape index (κ1) is 14.0. The fraction of sp³-hybridized carbons (Fsp3) is 0.0714. The fourth-order valence-electron chi connectivity index (χ4n) is 1.61. The van der Waals surface area contributed by atoms with Gasteiger partial charge in [0.1, 0.15) is 5.75 Å². The van der Waals surface area contributed by atoms with E-state index in [1.165, 1.54) is 25.3 Å². The fourth-order valence-corrected chi connectivity index (χ4v) is 1.80. The van der Waals surface area contributed by atoms with Crippen molar-refractivity contribution in [3.8, 4) is 17.2 Å². The van der Waals surface area contributed by atoms with E-state index >= 15 is 0 Å². The zero-order valence-electron chi connectivity index (χ0n) is 10.6. The molecule has 0 saturated carbocycles. The van der Waals surface area contributed by atoms with Gasteiger partial charge in [0, 0.05) is 17.3 Å². The molecule has 0 radical (unpaired) electrons. The molecule has 0 unspecified atom stereocenters. The van der Waals surface area contributed by atoms with E-state index in [1.807, 2.05) is 0 Å². The zero-order chi connectivity index (χ0) is 14.7. The molecule has 5 nitrogen and oxygen atoms in total. The van der Waals surface area contributed by atoms with E-state index in [-0.39, 0.29) is 17.1 Å². The number of anilines is 1. The number of benzene rings is 2. The van der Waals surface area contributed by atoms with Gasteiger partial charge >= 0.3 is 0 Å². The second-order valence-electron chi connectivity index (χ2n) is 4.01. The van der Waals surface area contributed by atoms with Crippen LogP contribution in [-0.2, 0) is 0 Å². The minimum atomic E-state index is -0.426. The second kappa shape index (κ2) is 5.71. The van der Waals surface area contributed by atoms with Crippen molar-refractivity contribution in [2.75, 3.05) is 12.4 Å². The Hall–Kier alpha value is -2.40. The number of ether oxygens (including phenoxy) is 1. The van der Waals surface area contributed by atoms with E-state index in [0.717, 1.165) is 0 Å². The van der Waals surface area contributed by atoms with Gasteiger partial charge in [0.15, 0.2) is 11.5 Å². The first-order valence-corrected chi connectivity index (χ1v) is 6.06. The maximum atomic E-state index is 12.0. The van der Waals surface area contributed by atoms with Crippen LogP contribution >= 0.6 is 11.6 Å². The molecule has 2 aromatic rings. The van der Waals surface area contributed by atoms with E-state index < -0.39 is 5.91 Å². The molecule has 1 amide bonds. The van der Waals surface area contributed by atoms with Crippen LogP contribution in [0.5, 0.6) is 17.2 Å². The van der Waals surface area contributed by atoms with E-state index in [9.17, 15) is 15.0 Å². The van der Waals surface area contributed by atoms with Crippen LogP contribution in [0, 0.1) is 0 Å². The van der Waals surface area contributed by atoms with Crippen molar-refractivity contribution in [3.63, 3.8) is 0 Å². The van der Waals surface area contributed by atoms with Gasteiger partial charge in [0.25, 0.3) is 5.91 Å². The number of hydrogen-bond acceptors (Lipinski definition) is 4. The van der Waals surface area contributed by atoms with Crippen molar-refractivity contribution in [1.29, 1.82) is 0 Å². The third-order valence-electron chi connectivity index (χ3n) is 2.65. The smallest absolute Gasteiger partial charge is 0.255 e. The van der Waals surface area contributed by atoms with E-state index in [4.69, 9.17) is 16.3 Å². The highest BCUT2D eigenvalue weighted by Crippen LogP contribution is 2.28. The van der Waals surface area contributed by atoms with Crippen LogP contribution in [0.1, 0.15) is 10.4 Å². The van der Waals surface area contributed by atoms with E-state index in [1.54, 1.807) is 18.2 Å². The number of phenolic OH excluding ortho intramolecular Hbond substituents is 2. The number of carbonyl (C=O) groups excluding carboxylic acids is 1. The summed E-state index contributed by atoms with van der Waals surface area (Å²) < 4.78 is 5.05. The average molecular weight is 294 g/mol. The number of nitrogens with one attached hydrogen (secondary N) is 1. The molecule has 0 atom stereocenters. The van der Waals surface area contributed by atoms with Crippen LogP contribution in [-0.4, -0.2) is 23.2 Å². The predicted octanol–water partition coefficient (Wildman–Crippen LogP) is 3.01. The number of aromatic hydroxyl groups is 2. The van der Waals surface area contributed by atoms with Crippen LogP contribution < -0.4 is 10.1 Å². The highest BCUT2D eigenvalue weighted by Gasteiger charge is 2.10. The molecule has 104 valence electrons. The standard InChI is InChI=1S/C14H12ClNO4/c1-20-13-7-9(3-4-10(13)15)16-14(19)8-2-5-11(17)12(18)6-8/h2-7,17-18H,1H3,(H,16,19). The predicted molar refractivity (Wildman–Crippen MR) is 75.7 cm³/mol. The Morgan fingerprint density at radius 1 is 1.15 bits per heavy atom. The van der Waals surface area contributed by atoms with Crippen LogP contribution in [0.25, 0.3) is 0 Å². The van der Waals surface area contributed by atoms with Crippen molar-refractivity contribution in [2.24, 2.45) is 0 Å². The van der Waals surface area contributed by atoms with Gasteiger partial charge < -0.3 is 20.3 Å². The Labute approximate surface area is 120 Å². The Morgan fingerprint density at radius 3 is 2.55 bits per heavy atom. The topological polar surface area (TPSA) is 78.8 Å². The third kappa shape index (κ3) is 2.95. The summed E-state index contributed by atoms with van der Waals surface area (Å²) in [5.41, 5.74) is 0.720. The SMILES string of the molecule is COc1cc(NC(=O)c2ccc(O)c(O)c2)ccc1Cl. The molecule has 0 spiro atoms. The molecule has 0 aromatic heterocycles. The number of halogens is 1. The minimum Gasteiger partial charge on any atom is -0.504 e. The molecule has 0 aliphatic rings. The van der Waals surface area contributed by atoms with Gasteiger partial charge in [-0.25, -0.2) is 0 Å². The summed E-state index contributed by atoms with van der Waals surface area (Å²) in [6, 6.07) is 8.63. The van der Waals surface area contributed by atoms with Crippen molar-refractivity contribution in [2.45, 2.75) is 0 Å². The quantitative estimate of drug-likeness (QED) is 0.760. The zero-order valence-corrected chi connectivity index (χ0v) is 11.3. The first-order valence-electron chi connectivity index (χ1n) is 5.68. The van der Waals surface area contributed by atoms with Gasteiger partial charge in [-0.3, -0.25) is 4.79 Å². The van der Waals surface area contributed by atoms with Crippen LogP contribution in [0.3, 0.4) is 0 Å². The molecule has 2 aromatic carbocycles. The lowest BCUT2D eigenvalue weighted by Crippen LogP contribution is -2.11. The lowest BCUT2D eigenvalue weighted by atomic mass is 10.2. The van der Waals surface area contributed by atoms with Crippen LogP contribution in [0.4, 0.5) is 5.69 Å². The second-order valence-corrected chi connectivity index (χ2v) is 4.41. The number of phenols is 2. The van der Waals surface area contributed by atoms with Gasteiger partial charge in [-0.15, -0.1) is 0 Å². The lowest BCUT2D eigenvalue weighted by Gasteiger charge is -2.09. The molecule has 0 bridgehead atoms. The monoisotopic (exact) mass is 293 g/mol. The molecule has 2 rings (SSSR count). The summed E-state index contributed by atoms with van der Waals surface area (Å²) >= 11 is 5.89. The van der Waals surface area contributed by atoms with Gasteiger partial charge in [0.2, 0.25) is 0 Å². The Bertz CT molecular complexity index is 658. The molecule has 3 N–H and O–H groups in total. The Kier molecular flexibility index (Phi) is 4.00. The number of hydrogen-bond donors (Lipinski definition) is 3. The van der Waals surface area contributed by atoms with Crippen molar-refractivity contribution < 1.29 is 19.7 Å². The minimum absolute atomic E-state index is 0.217. The summed E-state index contributed by atoms with van der Waals surface area (Å²) in [6.45, 7) is 0. The summed E-state index contributed by atoms with van der Waals surface area (Å²) in [5, 5.41) is 21.6. The maximum Gasteiger partial charge on any atom is 0.255 e. The van der Waals surface area contributed by atoms with E-state index in [2.05, 4.69) is 5.32 Å². The molecule has 0 fully saturated rings. The summed E-state index contributed by atoms with van der Waals surface area (Å²) in [6.07, 6.45) is 0. The van der Waals surface area contributed by atoms with Crippen LogP contribution in [0.2, 0.25) is 5.02 Å². The molecule has 6 heteroatoms. The van der Waals surface area contributed by atoms with Gasteiger partial charge in [0.05, 0.1) is 12.1 Å². The average Bonchev–Trinajstić information content (AvgIpc) is 2.43. The first-order chi connectivity index (χ1) is 9.51. The highest BCUT2D eigenvalue weighted by atomic mass is 35.5. The number of carbonyl (C=O) groups is 1. The summed E-state index contributed by atoms with van der Waals surface area (Å²) in [7, 11) is 1.48.